The van der Waals surface area contributed by atoms with Gasteiger partial charge in [0.05, 0.1) is 21.2 Å². The molecule has 0 aliphatic rings. The zero-order valence-corrected chi connectivity index (χ0v) is 17.6. The number of carboxylic acids is 1. The zero-order chi connectivity index (χ0) is 20.3. The number of hydrogen-bond acceptors (Lipinski definition) is 6. The highest BCUT2D eigenvalue weighted by Gasteiger charge is 2.15. The Morgan fingerprint density at radius 2 is 1.93 bits per heavy atom. The third-order valence-electron chi connectivity index (χ3n) is 3.64. The molecule has 0 saturated heterocycles. The van der Waals surface area contributed by atoms with Crippen LogP contribution in [0.5, 0.6) is 5.75 Å². The molecule has 1 aromatic carbocycles. The van der Waals surface area contributed by atoms with Gasteiger partial charge in [0.15, 0.2) is 5.11 Å². The fourth-order valence-corrected chi connectivity index (χ4v) is 4.38. The van der Waals surface area contributed by atoms with E-state index in [4.69, 9.17) is 28.9 Å². The molecule has 0 fully saturated rings. The molecule has 0 spiro atoms. The molecule has 0 amide bonds. The second-order valence-corrected chi connectivity index (χ2v) is 8.37. The van der Waals surface area contributed by atoms with Crippen molar-refractivity contribution in [3.63, 3.8) is 0 Å². The van der Waals surface area contributed by atoms with E-state index >= 15 is 0 Å². The summed E-state index contributed by atoms with van der Waals surface area (Å²) in [6.07, 6.45) is 0. The normalized spacial score (nSPS) is 11.3. The molecule has 4 N–H and O–H groups in total. The van der Waals surface area contributed by atoms with Gasteiger partial charge in [-0.05, 0) is 49.0 Å². The Balaban J connectivity index is 1.68. The number of hydrogen-bond donors (Lipinski definition) is 4. The number of hydrazone groups is 1. The number of nitrogens with one attached hydrogen (secondary N) is 2. The molecule has 28 heavy (non-hydrogen) atoms. The molecule has 10 heteroatoms. The first-order valence-corrected chi connectivity index (χ1v) is 10.3. The molecule has 0 saturated carbocycles. The van der Waals surface area contributed by atoms with Gasteiger partial charge in [0.1, 0.15) is 10.6 Å². The number of rotatable bonds is 5. The van der Waals surface area contributed by atoms with E-state index in [-0.39, 0.29) is 15.7 Å². The number of thiocarbonyl (C=S) groups is 1. The van der Waals surface area contributed by atoms with Crippen LogP contribution >= 0.6 is 46.5 Å². The summed E-state index contributed by atoms with van der Waals surface area (Å²) in [4.78, 5) is 11.8. The van der Waals surface area contributed by atoms with E-state index < -0.39 is 5.97 Å². The lowest BCUT2D eigenvalue weighted by molar-refractivity contribution is 0.0702. The third-order valence-corrected chi connectivity index (χ3v) is 6.09. The van der Waals surface area contributed by atoms with Crippen molar-refractivity contribution < 1.29 is 15.0 Å². The van der Waals surface area contributed by atoms with Crippen LogP contribution in [0.4, 0.5) is 5.00 Å². The molecular formula is C18H14ClN3O3S3. The average molecular weight is 452 g/mol. The van der Waals surface area contributed by atoms with E-state index in [9.17, 15) is 9.90 Å². The number of aromatic hydroxyl groups is 1. The summed E-state index contributed by atoms with van der Waals surface area (Å²) in [5, 5.41) is 29.8. The maximum absolute atomic E-state index is 10.9. The summed E-state index contributed by atoms with van der Waals surface area (Å²) in [7, 11) is 0. The monoisotopic (exact) mass is 451 g/mol. The fraction of sp³-hybridized carbons (Fsp3) is 0.0556. The topological polar surface area (TPSA) is 94.0 Å². The Labute approximate surface area is 179 Å². The molecule has 3 aromatic rings. The van der Waals surface area contributed by atoms with E-state index in [0.29, 0.717) is 21.3 Å². The van der Waals surface area contributed by atoms with Crippen molar-refractivity contribution in [2.24, 2.45) is 5.10 Å². The highest BCUT2D eigenvalue weighted by molar-refractivity contribution is 7.80. The summed E-state index contributed by atoms with van der Waals surface area (Å²) < 4.78 is 0. The maximum Gasteiger partial charge on any atom is 0.345 e. The van der Waals surface area contributed by atoms with Gasteiger partial charge in [0, 0.05) is 10.4 Å². The molecule has 0 aliphatic heterocycles. The van der Waals surface area contributed by atoms with E-state index in [2.05, 4.69) is 15.8 Å². The van der Waals surface area contributed by atoms with Crippen LogP contribution < -0.4 is 10.7 Å². The predicted octanol–water partition coefficient (Wildman–Crippen LogP) is 5.24. The number of carboxylic acid groups (broad SMARTS) is 1. The zero-order valence-electron chi connectivity index (χ0n) is 14.4. The molecule has 2 heterocycles. The molecular weight excluding hydrogens is 438 g/mol. The van der Waals surface area contributed by atoms with Crippen LogP contribution in [0.25, 0.3) is 10.4 Å². The number of thiophene rings is 2. The van der Waals surface area contributed by atoms with Crippen molar-refractivity contribution in [1.29, 1.82) is 0 Å². The Morgan fingerprint density at radius 3 is 2.57 bits per heavy atom. The lowest BCUT2D eigenvalue weighted by Crippen LogP contribution is -2.24. The molecule has 6 nitrogen and oxygen atoms in total. The van der Waals surface area contributed by atoms with Crippen LogP contribution in [-0.2, 0) is 0 Å². The summed E-state index contributed by atoms with van der Waals surface area (Å²) in [6, 6.07) is 10.3. The van der Waals surface area contributed by atoms with Gasteiger partial charge in [-0.1, -0.05) is 23.7 Å². The lowest BCUT2D eigenvalue weighted by atomic mass is 10.1. The first-order chi connectivity index (χ1) is 13.3. The van der Waals surface area contributed by atoms with Gasteiger partial charge in [0.25, 0.3) is 0 Å². The molecule has 144 valence electrons. The largest absolute Gasteiger partial charge is 0.506 e. The van der Waals surface area contributed by atoms with Gasteiger partial charge in [-0.2, -0.15) is 5.10 Å². The summed E-state index contributed by atoms with van der Waals surface area (Å²) in [6.45, 7) is 1.75. The second-order valence-electron chi connectivity index (χ2n) is 5.57. The molecule has 0 radical (unpaired) electrons. The number of benzene rings is 1. The second kappa shape index (κ2) is 8.70. The quantitative estimate of drug-likeness (QED) is 0.240. The smallest absolute Gasteiger partial charge is 0.345 e. The summed E-state index contributed by atoms with van der Waals surface area (Å²) >= 11 is 13.5. The molecule has 0 aliphatic carbocycles. The van der Waals surface area contributed by atoms with Crippen LogP contribution in [0.15, 0.2) is 46.9 Å². The Bertz CT molecular complexity index is 1060. The van der Waals surface area contributed by atoms with Crippen molar-refractivity contribution in [3.05, 3.63) is 57.2 Å². The number of aromatic carboxylic acids is 1. The van der Waals surface area contributed by atoms with E-state index in [0.717, 1.165) is 21.8 Å². The number of nitrogens with zero attached hydrogens (tertiary/aromatic N) is 1. The predicted molar refractivity (Wildman–Crippen MR) is 119 cm³/mol. The van der Waals surface area contributed by atoms with Crippen LogP contribution in [0, 0.1) is 0 Å². The van der Waals surface area contributed by atoms with Gasteiger partial charge >= 0.3 is 5.97 Å². The Hall–Kier alpha value is -2.46. The highest BCUT2D eigenvalue weighted by Crippen LogP contribution is 2.39. The maximum atomic E-state index is 10.9. The fourth-order valence-electron chi connectivity index (χ4n) is 2.27. The van der Waals surface area contributed by atoms with Crippen LogP contribution in [0.2, 0.25) is 5.02 Å². The molecule has 0 atom stereocenters. The molecule has 0 unspecified atom stereocenters. The summed E-state index contributed by atoms with van der Waals surface area (Å²) in [5.74, 6) is -0.853. The average Bonchev–Trinajstić information content (AvgIpc) is 3.27. The third kappa shape index (κ3) is 4.68. The number of halogens is 1. The molecule has 2 aromatic heterocycles. The van der Waals surface area contributed by atoms with Gasteiger partial charge in [0.2, 0.25) is 0 Å². The minimum atomic E-state index is -0.991. The van der Waals surface area contributed by atoms with Crippen molar-refractivity contribution in [2.75, 3.05) is 5.32 Å². The van der Waals surface area contributed by atoms with E-state index in [1.807, 2.05) is 17.5 Å². The number of carbonyl (C=O) groups is 1. The summed E-state index contributed by atoms with van der Waals surface area (Å²) in [5.41, 5.74) is 4.70. The highest BCUT2D eigenvalue weighted by atomic mass is 35.5. The van der Waals surface area contributed by atoms with Crippen LogP contribution in [0.3, 0.4) is 0 Å². The SMILES string of the molecule is CC(=NNC(=S)Nc1ccc(C(=O)O)s1)c1csc(-c2ccc(Cl)cc2)c1O. The van der Waals surface area contributed by atoms with Crippen LogP contribution in [0.1, 0.15) is 22.2 Å². The van der Waals surface area contributed by atoms with Gasteiger partial charge in [-0.3, -0.25) is 5.43 Å². The van der Waals surface area contributed by atoms with Crippen molar-refractivity contribution in [3.8, 4) is 16.2 Å². The van der Waals surface area contributed by atoms with Gasteiger partial charge in [-0.15, -0.1) is 22.7 Å². The Morgan fingerprint density at radius 1 is 1.21 bits per heavy atom. The van der Waals surface area contributed by atoms with Crippen molar-refractivity contribution in [1.82, 2.24) is 5.43 Å². The van der Waals surface area contributed by atoms with Crippen molar-refractivity contribution in [2.45, 2.75) is 6.92 Å². The van der Waals surface area contributed by atoms with E-state index in [1.165, 1.54) is 17.4 Å². The Kier molecular flexibility index (Phi) is 6.30. The minimum Gasteiger partial charge on any atom is -0.506 e. The molecule has 0 bridgehead atoms. The standard InChI is InChI=1S/C18H14ClN3O3S3/c1-9(21-22-18(26)20-14-7-6-13(28-14)17(24)25)12-8-27-16(15(12)23)10-2-4-11(19)5-3-10/h2-8,23H,1H3,(H,24,25)(H2,20,22,26). The van der Waals surface area contributed by atoms with E-state index in [1.54, 1.807) is 25.1 Å². The first-order valence-electron chi connectivity index (χ1n) is 7.86. The lowest BCUT2D eigenvalue weighted by Gasteiger charge is -2.06. The van der Waals surface area contributed by atoms with Crippen LogP contribution in [-0.4, -0.2) is 27.0 Å². The minimum absolute atomic E-state index is 0.138. The first kappa shape index (κ1) is 20.3. The number of anilines is 1. The van der Waals surface area contributed by atoms with Crippen molar-refractivity contribution >= 4 is 68.3 Å². The molecule has 3 rings (SSSR count). The van der Waals surface area contributed by atoms with Gasteiger partial charge < -0.3 is 15.5 Å². The van der Waals surface area contributed by atoms with Gasteiger partial charge in [-0.25, -0.2) is 4.79 Å².